The van der Waals surface area contributed by atoms with Crippen LogP contribution in [0.25, 0.3) is 0 Å². The molecule has 1 saturated heterocycles. The lowest BCUT2D eigenvalue weighted by molar-refractivity contribution is -0.129. The van der Waals surface area contributed by atoms with Gasteiger partial charge in [-0.05, 0) is 42.4 Å². The fraction of sp³-hybridized carbons (Fsp3) is 0.312. The van der Waals surface area contributed by atoms with Crippen LogP contribution in [0.4, 0.5) is 23.7 Å². The fourth-order valence-electron chi connectivity index (χ4n) is 2.42. The van der Waals surface area contributed by atoms with Crippen LogP contribution in [0.15, 0.2) is 40.6 Å². The van der Waals surface area contributed by atoms with Gasteiger partial charge in [0, 0.05) is 11.4 Å². The summed E-state index contributed by atoms with van der Waals surface area (Å²) in [6.07, 6.45) is 1.18. The van der Waals surface area contributed by atoms with E-state index in [0.29, 0.717) is 17.7 Å². The van der Waals surface area contributed by atoms with Gasteiger partial charge in [0.2, 0.25) is 0 Å². The first-order valence-corrected chi connectivity index (χ1v) is 8.69. The number of thioether (sulfide) groups is 1. The number of unbranched alkanes of at least 4 members (excludes halogenated alkanes) is 1. The lowest BCUT2D eigenvalue weighted by Gasteiger charge is -2.34. The molecule has 27 heavy (non-hydrogen) atoms. The average Bonchev–Trinajstić information content (AvgIpc) is 2.54. The van der Waals surface area contributed by atoms with Gasteiger partial charge >= 0.3 is 11.5 Å². The van der Waals surface area contributed by atoms with Gasteiger partial charge in [0.1, 0.15) is 11.4 Å². The zero-order valence-electron chi connectivity index (χ0n) is 14.2. The number of amides is 4. The van der Waals surface area contributed by atoms with Crippen LogP contribution in [0.2, 0.25) is 0 Å². The number of alkyl halides is 3. The van der Waals surface area contributed by atoms with E-state index >= 15 is 0 Å². The van der Waals surface area contributed by atoms with Gasteiger partial charge in [-0.1, -0.05) is 13.3 Å². The normalized spacial score (nSPS) is 15.6. The molecule has 0 aliphatic carbocycles. The van der Waals surface area contributed by atoms with Crippen molar-refractivity contribution in [2.75, 3.05) is 11.4 Å². The van der Waals surface area contributed by atoms with Crippen molar-refractivity contribution in [2.24, 2.45) is 11.5 Å². The second-order valence-electron chi connectivity index (χ2n) is 5.61. The molecule has 0 spiro atoms. The smallest absolute Gasteiger partial charge is 0.385 e. The van der Waals surface area contributed by atoms with E-state index in [-0.39, 0.29) is 28.9 Å². The van der Waals surface area contributed by atoms with Crippen LogP contribution in [0.5, 0.6) is 0 Å². The van der Waals surface area contributed by atoms with Gasteiger partial charge in [-0.3, -0.25) is 14.5 Å². The first kappa shape index (κ1) is 20.6. The molecule has 0 aromatic heterocycles. The average molecular weight is 402 g/mol. The van der Waals surface area contributed by atoms with E-state index in [2.05, 4.69) is 0 Å². The zero-order chi connectivity index (χ0) is 20.4. The van der Waals surface area contributed by atoms with Gasteiger partial charge in [-0.25, -0.2) is 9.69 Å². The maximum Gasteiger partial charge on any atom is 0.446 e. The first-order valence-electron chi connectivity index (χ1n) is 7.88. The number of anilines is 1. The number of hydrogen-bond donors (Lipinski definition) is 2. The topological polar surface area (TPSA) is 110 Å². The van der Waals surface area contributed by atoms with Crippen molar-refractivity contribution in [3.8, 4) is 0 Å². The summed E-state index contributed by atoms with van der Waals surface area (Å²) in [4.78, 5) is 39.0. The molecule has 4 amide bonds. The lowest BCUT2D eigenvalue weighted by atomic mass is 10.1. The Morgan fingerprint density at radius 3 is 2.15 bits per heavy atom. The lowest BCUT2D eigenvalue weighted by Crippen LogP contribution is -2.57. The maximum atomic E-state index is 12.7. The zero-order valence-corrected chi connectivity index (χ0v) is 15.1. The highest BCUT2D eigenvalue weighted by Gasteiger charge is 2.43. The van der Waals surface area contributed by atoms with Crippen LogP contribution in [-0.4, -0.2) is 34.8 Å². The molecule has 2 rings (SSSR count). The Morgan fingerprint density at radius 2 is 1.67 bits per heavy atom. The van der Waals surface area contributed by atoms with Gasteiger partial charge in [-0.2, -0.15) is 13.2 Å². The van der Waals surface area contributed by atoms with Crippen LogP contribution in [-0.2, 0) is 9.59 Å². The van der Waals surface area contributed by atoms with E-state index in [1.807, 2.05) is 6.92 Å². The van der Waals surface area contributed by atoms with E-state index in [0.717, 1.165) is 17.0 Å². The van der Waals surface area contributed by atoms with E-state index in [1.54, 1.807) is 0 Å². The molecule has 1 aromatic carbocycles. The van der Waals surface area contributed by atoms with Crippen LogP contribution < -0.4 is 16.4 Å². The molecular formula is C16H17F3N4O3S. The number of rotatable bonds is 5. The third-order valence-electron chi connectivity index (χ3n) is 3.65. The van der Waals surface area contributed by atoms with E-state index < -0.39 is 34.7 Å². The van der Waals surface area contributed by atoms with Crippen LogP contribution in [0.3, 0.4) is 0 Å². The van der Waals surface area contributed by atoms with Crippen LogP contribution in [0.1, 0.15) is 19.8 Å². The summed E-state index contributed by atoms with van der Waals surface area (Å²) in [6, 6.07) is 3.70. The molecule has 1 aromatic rings. The summed E-state index contributed by atoms with van der Waals surface area (Å²) in [7, 11) is 0. The van der Waals surface area contributed by atoms with Crippen molar-refractivity contribution in [2.45, 2.75) is 30.2 Å². The highest BCUT2D eigenvalue weighted by atomic mass is 32.2. The molecular weight excluding hydrogens is 385 g/mol. The predicted molar refractivity (Wildman–Crippen MR) is 93.3 cm³/mol. The van der Waals surface area contributed by atoms with Crippen LogP contribution in [0, 0.1) is 0 Å². The maximum absolute atomic E-state index is 12.7. The molecule has 7 nitrogen and oxygen atoms in total. The van der Waals surface area contributed by atoms with Gasteiger partial charge < -0.3 is 11.5 Å². The molecule has 11 heteroatoms. The minimum absolute atomic E-state index is 0.00396. The number of carbonyl (C=O) groups excluding carboxylic acids is 3. The van der Waals surface area contributed by atoms with Crippen molar-refractivity contribution in [1.82, 2.24) is 4.90 Å². The highest BCUT2D eigenvalue weighted by Crippen LogP contribution is 2.37. The van der Waals surface area contributed by atoms with Crippen LogP contribution >= 0.6 is 11.8 Å². The largest absolute Gasteiger partial charge is 0.446 e. The third-order valence-corrected chi connectivity index (χ3v) is 4.39. The number of benzene rings is 1. The summed E-state index contributed by atoms with van der Waals surface area (Å²) in [5, 5.41) is 0. The summed E-state index contributed by atoms with van der Waals surface area (Å²) in [5.74, 6) is -2.44. The molecule has 0 atom stereocenters. The molecule has 4 N–H and O–H groups in total. The second-order valence-corrected chi connectivity index (χ2v) is 6.74. The van der Waals surface area contributed by atoms with E-state index in [1.165, 1.54) is 12.1 Å². The SMILES string of the molecule is CCCCN1C(=O)C(=C(N)N)C(=O)N(c2ccc(SC(F)(F)F)cc2)C1=O. The molecule has 1 fully saturated rings. The Balaban J connectivity index is 2.41. The van der Waals surface area contributed by atoms with Crippen molar-refractivity contribution < 1.29 is 27.6 Å². The van der Waals surface area contributed by atoms with Crippen molar-refractivity contribution in [3.63, 3.8) is 0 Å². The minimum Gasteiger partial charge on any atom is -0.385 e. The summed E-state index contributed by atoms with van der Waals surface area (Å²) >= 11 is -0.327. The summed E-state index contributed by atoms with van der Waals surface area (Å²) < 4.78 is 37.3. The number of nitrogens with zero attached hydrogens (tertiary/aromatic N) is 2. The van der Waals surface area contributed by atoms with E-state index in [9.17, 15) is 27.6 Å². The molecule has 0 saturated carbocycles. The quantitative estimate of drug-likeness (QED) is 0.445. The minimum atomic E-state index is -4.47. The molecule has 1 aliphatic rings. The van der Waals surface area contributed by atoms with Crippen molar-refractivity contribution >= 4 is 35.3 Å². The number of nitrogens with two attached hydrogens (primary N) is 2. The molecule has 0 radical (unpaired) electrons. The first-order chi connectivity index (χ1) is 12.6. The van der Waals surface area contributed by atoms with Gasteiger partial charge in [0.25, 0.3) is 11.8 Å². The number of halogens is 3. The number of barbiturate groups is 1. The molecule has 146 valence electrons. The third kappa shape index (κ3) is 4.54. The monoisotopic (exact) mass is 402 g/mol. The Kier molecular flexibility index (Phi) is 6.04. The standard InChI is InChI=1S/C16H17F3N4O3S/c1-2-3-8-22-13(24)11(12(20)21)14(25)23(15(22)26)9-4-6-10(7-5-9)27-16(17,18)19/h4-7H,2-3,8,20-21H2,1H3. The summed E-state index contributed by atoms with van der Waals surface area (Å²) in [6.45, 7) is 1.91. The van der Waals surface area contributed by atoms with E-state index in [4.69, 9.17) is 11.5 Å². The number of hydrogen-bond acceptors (Lipinski definition) is 6. The Morgan fingerprint density at radius 1 is 1.07 bits per heavy atom. The van der Waals surface area contributed by atoms with Gasteiger partial charge in [0.15, 0.2) is 0 Å². The Bertz CT molecular complexity index is 789. The van der Waals surface area contributed by atoms with Crippen molar-refractivity contribution in [3.05, 3.63) is 35.7 Å². The number of carbonyl (C=O) groups is 3. The molecule has 1 heterocycles. The van der Waals surface area contributed by atoms with Gasteiger partial charge in [-0.15, -0.1) is 0 Å². The molecule has 0 unspecified atom stereocenters. The fourth-order valence-corrected chi connectivity index (χ4v) is 2.96. The Hall–Kier alpha value is -2.69. The number of imide groups is 2. The Labute approximate surface area is 157 Å². The number of urea groups is 1. The second kappa shape index (κ2) is 7.91. The molecule has 1 aliphatic heterocycles. The highest BCUT2D eigenvalue weighted by molar-refractivity contribution is 8.00. The summed E-state index contributed by atoms with van der Waals surface area (Å²) in [5.41, 5.74) is 5.88. The van der Waals surface area contributed by atoms with Gasteiger partial charge in [0.05, 0.1) is 5.69 Å². The van der Waals surface area contributed by atoms with Crippen molar-refractivity contribution in [1.29, 1.82) is 0 Å². The predicted octanol–water partition coefficient (Wildman–Crippen LogP) is 2.52. The molecule has 0 bridgehead atoms.